The third-order valence-corrected chi connectivity index (χ3v) is 3.32. The molecule has 4 heteroatoms. The van der Waals surface area contributed by atoms with E-state index in [1.807, 2.05) is 6.07 Å². The zero-order valence-electron chi connectivity index (χ0n) is 12.0. The molecular formula is C17H16FNO2. The molecule has 21 heavy (non-hydrogen) atoms. The van der Waals surface area contributed by atoms with Gasteiger partial charge in [-0.05, 0) is 47.9 Å². The second kappa shape index (κ2) is 6.76. The summed E-state index contributed by atoms with van der Waals surface area (Å²) in [7, 11) is 3.16. The molecule has 2 aromatic carbocycles. The molecule has 0 aliphatic heterocycles. The maximum atomic E-state index is 13.3. The lowest BCUT2D eigenvalue weighted by Crippen LogP contribution is -2.03. The standard InChI is InChI=1S/C17H16FNO2/c1-20-16-6-7-17(21-2)13(10-16)8-14(11-19)12-4-3-5-15(18)9-12/h3-7,9-10,14H,8H2,1-2H3. The van der Waals surface area contributed by atoms with Crippen molar-refractivity contribution < 1.29 is 13.9 Å². The number of nitrogens with zero attached hydrogens (tertiary/aromatic N) is 1. The lowest BCUT2D eigenvalue weighted by Gasteiger charge is -2.14. The van der Waals surface area contributed by atoms with Crippen molar-refractivity contribution in [2.45, 2.75) is 12.3 Å². The van der Waals surface area contributed by atoms with Crippen LogP contribution in [0.3, 0.4) is 0 Å². The molecule has 0 bridgehead atoms. The summed E-state index contributed by atoms with van der Waals surface area (Å²) >= 11 is 0. The molecule has 2 aromatic rings. The summed E-state index contributed by atoms with van der Waals surface area (Å²) in [5.74, 6) is 0.598. The summed E-state index contributed by atoms with van der Waals surface area (Å²) in [6, 6.07) is 13.8. The molecule has 0 fully saturated rings. The van der Waals surface area contributed by atoms with Gasteiger partial charge in [0, 0.05) is 0 Å². The van der Waals surface area contributed by atoms with E-state index < -0.39 is 5.92 Å². The van der Waals surface area contributed by atoms with Gasteiger partial charge >= 0.3 is 0 Å². The first kappa shape index (κ1) is 14.9. The summed E-state index contributed by atoms with van der Waals surface area (Å²) in [5, 5.41) is 9.38. The number of ether oxygens (including phenoxy) is 2. The molecule has 0 heterocycles. The molecule has 1 unspecified atom stereocenters. The summed E-state index contributed by atoms with van der Waals surface area (Å²) in [4.78, 5) is 0. The molecule has 0 amide bonds. The number of rotatable bonds is 5. The highest BCUT2D eigenvalue weighted by Crippen LogP contribution is 2.29. The van der Waals surface area contributed by atoms with Crippen LogP contribution in [0.5, 0.6) is 11.5 Å². The monoisotopic (exact) mass is 285 g/mol. The highest BCUT2D eigenvalue weighted by molar-refractivity contribution is 5.42. The molecule has 108 valence electrons. The first-order valence-electron chi connectivity index (χ1n) is 6.54. The van der Waals surface area contributed by atoms with Crippen molar-refractivity contribution in [1.29, 1.82) is 5.26 Å². The molecule has 0 aliphatic carbocycles. The Balaban J connectivity index is 2.32. The molecule has 0 radical (unpaired) electrons. The number of methoxy groups -OCH3 is 2. The van der Waals surface area contributed by atoms with E-state index in [-0.39, 0.29) is 5.82 Å². The van der Waals surface area contributed by atoms with Crippen LogP contribution in [0.4, 0.5) is 4.39 Å². The average molecular weight is 285 g/mol. The van der Waals surface area contributed by atoms with Crippen molar-refractivity contribution in [2.24, 2.45) is 0 Å². The first-order chi connectivity index (χ1) is 10.2. The summed E-state index contributed by atoms with van der Waals surface area (Å²) in [5.41, 5.74) is 1.51. The van der Waals surface area contributed by atoms with Gasteiger partial charge in [0.15, 0.2) is 0 Å². The van der Waals surface area contributed by atoms with Crippen molar-refractivity contribution >= 4 is 0 Å². The Kier molecular flexibility index (Phi) is 4.78. The maximum absolute atomic E-state index is 13.3. The lowest BCUT2D eigenvalue weighted by atomic mass is 9.92. The Morgan fingerprint density at radius 3 is 2.57 bits per heavy atom. The topological polar surface area (TPSA) is 42.2 Å². The molecule has 0 aromatic heterocycles. The van der Waals surface area contributed by atoms with Gasteiger partial charge in [0.2, 0.25) is 0 Å². The van der Waals surface area contributed by atoms with Crippen LogP contribution in [0.25, 0.3) is 0 Å². The van der Waals surface area contributed by atoms with Crippen LogP contribution in [0.15, 0.2) is 42.5 Å². The van der Waals surface area contributed by atoms with Crippen LogP contribution in [0.1, 0.15) is 17.0 Å². The zero-order valence-corrected chi connectivity index (χ0v) is 12.0. The smallest absolute Gasteiger partial charge is 0.123 e. The van der Waals surface area contributed by atoms with Gasteiger partial charge in [-0.25, -0.2) is 4.39 Å². The molecule has 0 aliphatic rings. The van der Waals surface area contributed by atoms with Crippen molar-refractivity contribution in [3.63, 3.8) is 0 Å². The lowest BCUT2D eigenvalue weighted by molar-refractivity contribution is 0.398. The van der Waals surface area contributed by atoms with Crippen LogP contribution in [0, 0.1) is 17.1 Å². The molecule has 1 atom stereocenters. The van der Waals surface area contributed by atoms with Gasteiger partial charge in [0.1, 0.15) is 17.3 Å². The van der Waals surface area contributed by atoms with Crippen LogP contribution < -0.4 is 9.47 Å². The molecule has 0 saturated carbocycles. The van der Waals surface area contributed by atoms with Crippen molar-refractivity contribution in [3.05, 3.63) is 59.4 Å². The van der Waals surface area contributed by atoms with E-state index in [1.54, 1.807) is 38.5 Å². The van der Waals surface area contributed by atoms with Crippen molar-refractivity contribution in [1.82, 2.24) is 0 Å². The fourth-order valence-corrected chi connectivity index (χ4v) is 2.22. The Hall–Kier alpha value is -2.54. The molecule has 0 saturated heterocycles. The van der Waals surface area contributed by atoms with Gasteiger partial charge in [0.25, 0.3) is 0 Å². The highest BCUT2D eigenvalue weighted by Gasteiger charge is 2.15. The number of nitriles is 1. The third-order valence-electron chi connectivity index (χ3n) is 3.32. The Bertz CT molecular complexity index is 664. The van der Waals surface area contributed by atoms with E-state index >= 15 is 0 Å². The molecule has 0 spiro atoms. The Morgan fingerprint density at radius 1 is 1.14 bits per heavy atom. The maximum Gasteiger partial charge on any atom is 0.123 e. The minimum Gasteiger partial charge on any atom is -0.497 e. The van der Waals surface area contributed by atoms with Crippen molar-refractivity contribution in [3.8, 4) is 17.6 Å². The average Bonchev–Trinajstić information content (AvgIpc) is 2.52. The Labute approximate surface area is 123 Å². The van der Waals surface area contributed by atoms with Gasteiger partial charge in [-0.15, -0.1) is 0 Å². The van der Waals surface area contributed by atoms with E-state index in [0.29, 0.717) is 23.5 Å². The quantitative estimate of drug-likeness (QED) is 0.841. The Morgan fingerprint density at radius 2 is 1.95 bits per heavy atom. The number of halogens is 1. The predicted molar refractivity (Wildman–Crippen MR) is 78.0 cm³/mol. The van der Waals surface area contributed by atoms with E-state index in [2.05, 4.69) is 6.07 Å². The number of benzene rings is 2. The summed E-state index contributed by atoms with van der Waals surface area (Å²) < 4.78 is 23.8. The SMILES string of the molecule is COc1ccc(OC)c(CC(C#N)c2cccc(F)c2)c1. The van der Waals surface area contributed by atoms with Gasteiger partial charge in [0.05, 0.1) is 26.2 Å². The summed E-state index contributed by atoms with van der Waals surface area (Å²) in [6.45, 7) is 0. The second-order valence-corrected chi connectivity index (χ2v) is 4.62. The molecular weight excluding hydrogens is 269 g/mol. The van der Waals surface area contributed by atoms with Crippen LogP contribution in [0.2, 0.25) is 0 Å². The highest BCUT2D eigenvalue weighted by atomic mass is 19.1. The molecule has 3 nitrogen and oxygen atoms in total. The molecule has 0 N–H and O–H groups in total. The van der Waals surface area contributed by atoms with E-state index in [0.717, 1.165) is 5.56 Å². The van der Waals surface area contributed by atoms with E-state index in [9.17, 15) is 9.65 Å². The van der Waals surface area contributed by atoms with Gasteiger partial charge < -0.3 is 9.47 Å². The minimum absolute atomic E-state index is 0.342. The number of hydrogen-bond acceptors (Lipinski definition) is 3. The van der Waals surface area contributed by atoms with Crippen LogP contribution in [-0.2, 0) is 6.42 Å². The minimum atomic E-state index is -0.443. The first-order valence-corrected chi connectivity index (χ1v) is 6.54. The van der Waals surface area contributed by atoms with Gasteiger partial charge in [-0.3, -0.25) is 0 Å². The molecule has 2 rings (SSSR count). The van der Waals surface area contributed by atoms with Gasteiger partial charge in [-0.1, -0.05) is 12.1 Å². The summed E-state index contributed by atoms with van der Waals surface area (Å²) in [6.07, 6.45) is 0.431. The predicted octanol–water partition coefficient (Wildman–Crippen LogP) is 3.69. The van der Waals surface area contributed by atoms with Crippen LogP contribution >= 0.6 is 0 Å². The third kappa shape index (κ3) is 3.51. The van der Waals surface area contributed by atoms with Gasteiger partial charge in [-0.2, -0.15) is 5.26 Å². The van der Waals surface area contributed by atoms with E-state index in [4.69, 9.17) is 9.47 Å². The normalized spacial score (nSPS) is 11.5. The fourth-order valence-electron chi connectivity index (χ4n) is 2.22. The zero-order chi connectivity index (χ0) is 15.2. The van der Waals surface area contributed by atoms with Crippen molar-refractivity contribution in [2.75, 3.05) is 14.2 Å². The fraction of sp³-hybridized carbons (Fsp3) is 0.235. The van der Waals surface area contributed by atoms with E-state index in [1.165, 1.54) is 12.1 Å². The van der Waals surface area contributed by atoms with Crippen LogP contribution in [-0.4, -0.2) is 14.2 Å². The largest absolute Gasteiger partial charge is 0.497 e. The second-order valence-electron chi connectivity index (χ2n) is 4.62. The number of hydrogen-bond donors (Lipinski definition) is 0.